The summed E-state index contributed by atoms with van der Waals surface area (Å²) >= 11 is 1.25. The van der Waals surface area contributed by atoms with Crippen LogP contribution < -0.4 is 5.32 Å². The Morgan fingerprint density at radius 1 is 1.50 bits per heavy atom. The molecule has 1 aromatic rings. The highest BCUT2D eigenvalue weighted by Gasteiger charge is 2.12. The summed E-state index contributed by atoms with van der Waals surface area (Å²) in [6.07, 6.45) is 7.74. The molecule has 1 heterocycles. The van der Waals surface area contributed by atoms with Crippen molar-refractivity contribution < 1.29 is 4.92 Å². The molecule has 1 atom stereocenters. The summed E-state index contributed by atoms with van der Waals surface area (Å²) in [4.78, 5) is 11.2. The summed E-state index contributed by atoms with van der Waals surface area (Å²) in [5, 5.41) is 14.2. The molecule has 1 N–H and O–H groups in total. The molecule has 0 spiro atoms. The molecule has 1 unspecified atom stereocenters. The van der Waals surface area contributed by atoms with E-state index in [1.165, 1.54) is 11.3 Å². The van der Waals surface area contributed by atoms with Crippen molar-refractivity contribution >= 4 is 16.3 Å². The topological polar surface area (TPSA) is 55.2 Å². The first kappa shape index (κ1) is 11.3. The highest BCUT2D eigenvalue weighted by molar-refractivity contribution is 7.15. The van der Waals surface area contributed by atoms with Crippen LogP contribution in [0.25, 0.3) is 0 Å². The van der Waals surface area contributed by atoms with Crippen LogP contribution in [0, 0.1) is 10.1 Å². The highest BCUT2D eigenvalue weighted by atomic mass is 32.1. The predicted octanol–water partition coefficient (Wildman–Crippen LogP) is 2.85. The van der Waals surface area contributed by atoms with Crippen LogP contribution in [0.15, 0.2) is 24.3 Å². The smallest absolute Gasteiger partial charge is 0.309 e. The van der Waals surface area contributed by atoms with Crippen LogP contribution in [0.3, 0.4) is 0 Å². The molecule has 1 aliphatic rings. The van der Waals surface area contributed by atoms with Gasteiger partial charge in [-0.25, -0.2) is 0 Å². The van der Waals surface area contributed by atoms with Crippen molar-refractivity contribution in [3.8, 4) is 0 Å². The van der Waals surface area contributed by atoms with Gasteiger partial charge in [-0.15, -0.1) is 0 Å². The van der Waals surface area contributed by atoms with Gasteiger partial charge in [-0.2, -0.15) is 0 Å². The Hall–Kier alpha value is -1.20. The standard InChI is InChI=1S/C11H14N2O2S/c14-13(15)11-7-6-10(16-11)8-12-9-4-2-1-3-5-9/h1-2,6-7,9,12H,3-5,8H2. The fraction of sp³-hybridized carbons (Fsp3) is 0.455. The maximum Gasteiger partial charge on any atom is 0.324 e. The third kappa shape index (κ3) is 2.90. The minimum Gasteiger partial charge on any atom is -0.309 e. The van der Waals surface area contributed by atoms with Gasteiger partial charge in [0, 0.05) is 23.5 Å². The second-order valence-corrected chi connectivity index (χ2v) is 5.01. The van der Waals surface area contributed by atoms with Gasteiger partial charge in [-0.05, 0) is 25.3 Å². The molecule has 0 aliphatic heterocycles. The van der Waals surface area contributed by atoms with E-state index in [-0.39, 0.29) is 9.92 Å². The zero-order valence-corrected chi connectivity index (χ0v) is 9.70. The van der Waals surface area contributed by atoms with E-state index in [2.05, 4.69) is 17.5 Å². The molecule has 0 saturated carbocycles. The number of thiophene rings is 1. The average molecular weight is 238 g/mol. The molecule has 1 aliphatic carbocycles. The predicted molar refractivity (Wildman–Crippen MR) is 64.6 cm³/mol. The third-order valence-corrected chi connectivity index (χ3v) is 3.70. The fourth-order valence-corrected chi connectivity index (χ4v) is 2.55. The van der Waals surface area contributed by atoms with E-state index in [0.29, 0.717) is 6.04 Å². The molecular formula is C11H14N2O2S. The van der Waals surface area contributed by atoms with Crippen LogP contribution in [0.2, 0.25) is 0 Å². The highest BCUT2D eigenvalue weighted by Crippen LogP contribution is 2.24. The number of nitrogens with one attached hydrogen (secondary N) is 1. The van der Waals surface area contributed by atoms with Crippen molar-refractivity contribution in [3.05, 3.63) is 39.3 Å². The molecule has 0 bridgehead atoms. The van der Waals surface area contributed by atoms with Gasteiger partial charge in [0.2, 0.25) is 0 Å². The molecule has 86 valence electrons. The molecule has 0 fully saturated rings. The molecule has 0 radical (unpaired) electrons. The van der Waals surface area contributed by atoms with Crippen molar-refractivity contribution in [2.45, 2.75) is 31.8 Å². The lowest BCUT2D eigenvalue weighted by atomic mass is 10.0. The number of allylic oxidation sites excluding steroid dienone is 1. The van der Waals surface area contributed by atoms with E-state index >= 15 is 0 Å². The van der Waals surface area contributed by atoms with Crippen LogP contribution in [0.1, 0.15) is 24.1 Å². The van der Waals surface area contributed by atoms with Crippen molar-refractivity contribution in [3.63, 3.8) is 0 Å². The van der Waals surface area contributed by atoms with Gasteiger partial charge in [0.25, 0.3) is 0 Å². The number of rotatable bonds is 4. The van der Waals surface area contributed by atoms with Gasteiger partial charge in [-0.3, -0.25) is 10.1 Å². The van der Waals surface area contributed by atoms with E-state index in [1.807, 2.05) is 6.07 Å². The lowest BCUT2D eigenvalue weighted by Crippen LogP contribution is -2.28. The summed E-state index contributed by atoms with van der Waals surface area (Å²) in [7, 11) is 0. The Morgan fingerprint density at radius 3 is 3.00 bits per heavy atom. The van der Waals surface area contributed by atoms with E-state index in [4.69, 9.17) is 0 Å². The first-order chi connectivity index (χ1) is 7.75. The minimum absolute atomic E-state index is 0.223. The summed E-state index contributed by atoms with van der Waals surface area (Å²) in [6, 6.07) is 3.92. The lowest BCUT2D eigenvalue weighted by Gasteiger charge is -2.18. The number of hydrogen-bond donors (Lipinski definition) is 1. The van der Waals surface area contributed by atoms with Crippen LogP contribution in [0.5, 0.6) is 0 Å². The van der Waals surface area contributed by atoms with Crippen molar-refractivity contribution in [2.24, 2.45) is 0 Å². The summed E-state index contributed by atoms with van der Waals surface area (Å²) < 4.78 is 0. The summed E-state index contributed by atoms with van der Waals surface area (Å²) in [6.45, 7) is 0.733. The van der Waals surface area contributed by atoms with E-state index in [9.17, 15) is 10.1 Å². The first-order valence-corrected chi connectivity index (χ1v) is 6.19. The molecule has 2 rings (SSSR count). The fourth-order valence-electron chi connectivity index (χ4n) is 1.78. The summed E-state index contributed by atoms with van der Waals surface area (Å²) in [5.74, 6) is 0. The Balaban J connectivity index is 1.84. The lowest BCUT2D eigenvalue weighted by molar-refractivity contribution is -0.380. The number of hydrogen-bond acceptors (Lipinski definition) is 4. The second kappa shape index (κ2) is 5.23. The minimum atomic E-state index is -0.336. The Bertz CT molecular complexity index is 400. The number of nitrogens with zero attached hydrogens (tertiary/aromatic N) is 1. The Kier molecular flexibility index (Phi) is 3.69. The molecule has 16 heavy (non-hydrogen) atoms. The average Bonchev–Trinajstić information content (AvgIpc) is 2.76. The molecule has 0 aromatic carbocycles. The Labute approximate surface area is 98.1 Å². The zero-order chi connectivity index (χ0) is 11.4. The van der Waals surface area contributed by atoms with Crippen molar-refractivity contribution in [1.29, 1.82) is 0 Å². The van der Waals surface area contributed by atoms with Gasteiger partial charge >= 0.3 is 5.00 Å². The second-order valence-electron chi connectivity index (χ2n) is 3.86. The monoisotopic (exact) mass is 238 g/mol. The molecule has 4 nitrogen and oxygen atoms in total. The van der Waals surface area contributed by atoms with Crippen LogP contribution in [0.4, 0.5) is 5.00 Å². The molecule has 0 saturated heterocycles. The van der Waals surface area contributed by atoms with E-state index < -0.39 is 0 Å². The maximum atomic E-state index is 10.5. The van der Waals surface area contributed by atoms with Gasteiger partial charge in [0.15, 0.2) is 0 Å². The van der Waals surface area contributed by atoms with Gasteiger partial charge in [0.1, 0.15) is 0 Å². The SMILES string of the molecule is O=[N+]([O-])c1ccc(CNC2CC=CCC2)s1. The molecule has 5 heteroatoms. The van der Waals surface area contributed by atoms with Crippen LogP contribution in [-0.4, -0.2) is 11.0 Å². The van der Waals surface area contributed by atoms with Crippen molar-refractivity contribution in [1.82, 2.24) is 5.32 Å². The summed E-state index contributed by atoms with van der Waals surface area (Å²) in [5.41, 5.74) is 0. The van der Waals surface area contributed by atoms with Gasteiger partial charge in [-0.1, -0.05) is 23.5 Å². The number of nitro groups is 1. The normalized spacial score (nSPS) is 19.9. The largest absolute Gasteiger partial charge is 0.324 e. The van der Waals surface area contributed by atoms with Gasteiger partial charge < -0.3 is 5.32 Å². The van der Waals surface area contributed by atoms with Crippen molar-refractivity contribution in [2.75, 3.05) is 0 Å². The molecular weight excluding hydrogens is 224 g/mol. The maximum absolute atomic E-state index is 10.5. The van der Waals surface area contributed by atoms with Crippen LogP contribution in [-0.2, 0) is 6.54 Å². The first-order valence-electron chi connectivity index (χ1n) is 5.37. The quantitative estimate of drug-likeness (QED) is 0.498. The molecule has 0 amide bonds. The van der Waals surface area contributed by atoms with Crippen LogP contribution >= 0.6 is 11.3 Å². The zero-order valence-electron chi connectivity index (χ0n) is 8.89. The molecule has 1 aromatic heterocycles. The third-order valence-electron chi connectivity index (χ3n) is 2.66. The van der Waals surface area contributed by atoms with Gasteiger partial charge in [0.05, 0.1) is 4.92 Å². The van der Waals surface area contributed by atoms with E-state index in [1.54, 1.807) is 6.07 Å². The van der Waals surface area contributed by atoms with E-state index in [0.717, 1.165) is 30.7 Å². The Morgan fingerprint density at radius 2 is 2.38 bits per heavy atom.